The Balaban J connectivity index is 0. The molecule has 0 aliphatic carbocycles. The molecule has 0 rings (SSSR count). The van der Waals surface area contributed by atoms with Crippen LogP contribution in [0.4, 0.5) is 0 Å². The fraction of sp³-hybridized carbons (Fsp3) is 0. The molecule has 0 spiro atoms. The van der Waals surface area contributed by atoms with Crippen molar-refractivity contribution in [3.63, 3.8) is 0 Å². The molecule has 0 nitrogen and oxygen atoms in total. The molecular formula is H24In4Sn3. The van der Waals surface area contributed by atoms with Crippen LogP contribution in [-0.2, 0) is 0 Å². The van der Waals surface area contributed by atoms with E-state index in [0.29, 0.717) is 0 Å². The van der Waals surface area contributed by atoms with Crippen LogP contribution < -0.4 is 0 Å². The monoisotopic (exact) mass is 844 g/mol. The van der Waals surface area contributed by atoms with E-state index in [-0.39, 0.29) is 175 Å². The van der Waals surface area contributed by atoms with Gasteiger partial charge in [0.25, 0.3) is 0 Å². The molecule has 0 aromatic carbocycles. The quantitative estimate of drug-likeness (QED) is 0.213. The molecule has 0 bridgehead atoms. The van der Waals surface area contributed by atoms with Crippen LogP contribution in [0, 0.1) is 0 Å². The summed E-state index contributed by atoms with van der Waals surface area (Å²) >= 11 is 0. The van der Waals surface area contributed by atoms with Crippen molar-refractivity contribution in [2.45, 2.75) is 0 Å². The summed E-state index contributed by atoms with van der Waals surface area (Å²) in [6.07, 6.45) is 0. The molecule has 0 fully saturated rings. The summed E-state index contributed by atoms with van der Waals surface area (Å²) in [4.78, 5) is 0. The summed E-state index contributed by atoms with van der Waals surface area (Å²) in [7, 11) is 0. The second-order valence-corrected chi connectivity index (χ2v) is 0. The van der Waals surface area contributed by atoms with Gasteiger partial charge < -0.3 is 0 Å². The number of rotatable bonds is 0. The van der Waals surface area contributed by atoms with E-state index in [1.54, 1.807) is 0 Å². The molecule has 0 aromatic heterocycles. The van der Waals surface area contributed by atoms with Gasteiger partial charge in [0.2, 0.25) is 0 Å². The Kier molecular flexibility index (Phi) is 306. The van der Waals surface area contributed by atoms with Gasteiger partial charge in [0.1, 0.15) is 0 Å². The topological polar surface area (TPSA) is 0 Å². The first kappa shape index (κ1) is 52.6. The van der Waals surface area contributed by atoms with Crippen molar-refractivity contribution in [3.05, 3.63) is 0 Å². The molecule has 7 heteroatoms. The van der Waals surface area contributed by atoms with Gasteiger partial charge in [-0.3, -0.25) is 0 Å². The molecule has 0 N–H and O–H groups in total. The van der Waals surface area contributed by atoms with Crippen molar-refractivity contribution in [3.8, 4) is 0 Å². The maximum absolute atomic E-state index is 0. The average Bonchev–Trinajstić information content (AvgIpc) is 0. The van der Waals surface area contributed by atoms with Crippen molar-refractivity contribution < 1.29 is 0 Å². The summed E-state index contributed by atoms with van der Waals surface area (Å²) in [5.41, 5.74) is 0. The third kappa shape index (κ3) is 33.5. The molecule has 0 saturated carbocycles. The van der Waals surface area contributed by atoms with Gasteiger partial charge >= 0.3 is 175 Å². The zero-order valence-corrected chi connectivity index (χ0v) is 0. The van der Waals surface area contributed by atoms with Gasteiger partial charge in [-0.05, 0) is 0 Å². The predicted molar refractivity (Wildman–Crippen MR) is 73.8 cm³/mol. The van der Waals surface area contributed by atoms with Crippen LogP contribution >= 0.6 is 0 Å². The minimum atomic E-state index is 0. The van der Waals surface area contributed by atoms with E-state index in [1.807, 2.05) is 0 Å². The molecule has 0 atom stereocenters. The van der Waals surface area contributed by atoms with Gasteiger partial charge in [-0.1, -0.05) is 0 Å². The summed E-state index contributed by atoms with van der Waals surface area (Å²) in [5.74, 6) is 0. The zero-order chi connectivity index (χ0) is 0. The van der Waals surface area contributed by atoms with E-state index >= 15 is 0 Å². The van der Waals surface area contributed by atoms with Crippen LogP contribution in [0.15, 0.2) is 0 Å². The summed E-state index contributed by atoms with van der Waals surface area (Å²) in [5, 5.41) is 0. The predicted octanol–water partition coefficient (Wildman–Crippen LogP) is -9.09. The molecule has 0 radical (unpaired) electrons. The van der Waals surface area contributed by atoms with Crippen LogP contribution in [0.1, 0.15) is 0 Å². The third-order valence-corrected chi connectivity index (χ3v) is 0. The first-order valence-electron chi connectivity index (χ1n) is 0. The molecule has 0 aliphatic rings. The molecule has 0 amide bonds. The fourth-order valence-electron chi connectivity index (χ4n) is 0. The van der Waals surface area contributed by atoms with Crippen molar-refractivity contribution in [1.82, 2.24) is 0 Å². The first-order valence-corrected chi connectivity index (χ1v) is 0. The molecule has 0 saturated heterocycles. The molecule has 0 aromatic rings. The maximum atomic E-state index is 0. The van der Waals surface area contributed by atoms with Crippen LogP contribution in [0.2, 0.25) is 0 Å². The normalized spacial score (nSPS) is 0. The summed E-state index contributed by atoms with van der Waals surface area (Å²) in [6.45, 7) is 0. The first-order chi connectivity index (χ1) is 0. The SMILES string of the molecule is [InH3].[InH3].[InH3].[InH3].[SnH4].[SnH4].[SnH4]. The third-order valence-electron chi connectivity index (χ3n) is 0. The second-order valence-electron chi connectivity index (χ2n) is 0. The van der Waals surface area contributed by atoms with Crippen molar-refractivity contribution in [2.75, 3.05) is 0 Å². The van der Waals surface area contributed by atoms with Crippen LogP contribution in [0.5, 0.6) is 0 Å². The number of hydrogen-bond acceptors (Lipinski definition) is 0. The number of hydrogen-bond donors (Lipinski definition) is 0. The fourth-order valence-corrected chi connectivity index (χ4v) is 0. The molecule has 7 heavy (non-hydrogen) atoms. The van der Waals surface area contributed by atoms with Crippen LogP contribution in [0.3, 0.4) is 0 Å². The van der Waals surface area contributed by atoms with Gasteiger partial charge in [-0.2, -0.15) is 0 Å². The van der Waals surface area contributed by atoms with Gasteiger partial charge in [0.15, 0.2) is 0 Å². The van der Waals surface area contributed by atoms with Crippen molar-refractivity contribution in [1.29, 1.82) is 0 Å². The van der Waals surface area contributed by atoms with E-state index in [2.05, 4.69) is 0 Å². The summed E-state index contributed by atoms with van der Waals surface area (Å²) in [6, 6.07) is 0. The summed E-state index contributed by atoms with van der Waals surface area (Å²) < 4.78 is 0. The van der Waals surface area contributed by atoms with E-state index in [1.165, 1.54) is 0 Å². The van der Waals surface area contributed by atoms with Gasteiger partial charge in [-0.25, -0.2) is 0 Å². The van der Waals surface area contributed by atoms with E-state index in [9.17, 15) is 0 Å². The molecule has 48 valence electrons. The molecule has 0 unspecified atom stereocenters. The van der Waals surface area contributed by atoms with E-state index in [4.69, 9.17) is 0 Å². The van der Waals surface area contributed by atoms with Crippen molar-refractivity contribution in [2.24, 2.45) is 0 Å². The van der Waals surface area contributed by atoms with Gasteiger partial charge in [0, 0.05) is 0 Å². The Morgan fingerprint density at radius 1 is 0.286 bits per heavy atom. The van der Waals surface area contributed by atoms with Crippen molar-refractivity contribution >= 4 is 175 Å². The molecule has 0 aliphatic heterocycles. The minimum absolute atomic E-state index is 0. The Morgan fingerprint density at radius 3 is 0.286 bits per heavy atom. The molecular weight excluding hydrogens is 815 g/mol. The van der Waals surface area contributed by atoms with Gasteiger partial charge in [0.05, 0.1) is 0 Å². The Bertz CT molecular complexity index is 6.90. The Hall–Kier alpha value is 5.88. The van der Waals surface area contributed by atoms with Crippen LogP contribution in [0.25, 0.3) is 0 Å². The Labute approximate surface area is 170 Å². The van der Waals surface area contributed by atoms with Crippen LogP contribution in [-0.4, -0.2) is 175 Å². The standard InChI is InChI=1S/4In.3Sn.24H. The van der Waals surface area contributed by atoms with E-state index in [0.717, 1.165) is 0 Å². The second kappa shape index (κ2) is 40.7. The Morgan fingerprint density at radius 2 is 0.286 bits per heavy atom. The average molecular weight is 840 g/mol. The molecule has 0 heterocycles. The van der Waals surface area contributed by atoms with Gasteiger partial charge in [-0.15, -0.1) is 0 Å². The van der Waals surface area contributed by atoms with E-state index < -0.39 is 0 Å². The zero-order valence-electron chi connectivity index (χ0n) is 0.